The summed E-state index contributed by atoms with van der Waals surface area (Å²) in [5.41, 5.74) is 5.67. The number of nitrogen functional groups attached to an aromatic ring is 1. The Labute approximate surface area is 177 Å². The summed E-state index contributed by atoms with van der Waals surface area (Å²) >= 11 is 0. The van der Waals surface area contributed by atoms with E-state index in [1.54, 1.807) is 0 Å². The van der Waals surface area contributed by atoms with Crippen LogP contribution in [0.2, 0.25) is 0 Å². The fraction of sp³-hybridized carbons (Fsp3) is 0.450. The molecule has 0 radical (unpaired) electrons. The molecule has 11 nitrogen and oxygen atoms in total. The van der Waals surface area contributed by atoms with Crippen LogP contribution < -0.4 is 11.4 Å². The fourth-order valence-corrected chi connectivity index (χ4v) is 3.58. The van der Waals surface area contributed by atoms with Crippen LogP contribution in [0, 0.1) is 24.7 Å². The van der Waals surface area contributed by atoms with Gasteiger partial charge in [0.05, 0.1) is 12.7 Å². The molecule has 1 unspecified atom stereocenters. The van der Waals surface area contributed by atoms with Gasteiger partial charge in [-0.2, -0.15) is 4.98 Å². The lowest BCUT2D eigenvalue weighted by Crippen LogP contribution is -2.34. The summed E-state index contributed by atoms with van der Waals surface area (Å²) in [5, 5.41) is 0. The first kappa shape index (κ1) is 21.9. The molecule has 0 amide bonds. The lowest BCUT2D eigenvalue weighted by atomic mass is 10.1. The lowest BCUT2D eigenvalue weighted by Gasteiger charge is -2.22. The molecule has 0 bridgehead atoms. The zero-order valence-corrected chi connectivity index (χ0v) is 17.0. The largest absolute Gasteiger partial charge is 0.459 e. The van der Waals surface area contributed by atoms with E-state index in [4.69, 9.17) is 32.8 Å². The number of anilines is 1. The molecule has 1 aliphatic rings. The Kier molecular flexibility index (Phi) is 6.28. The number of hydrogen-bond acceptors (Lipinski definition) is 9. The van der Waals surface area contributed by atoms with Gasteiger partial charge in [0.2, 0.25) is 5.95 Å². The van der Waals surface area contributed by atoms with Crippen molar-refractivity contribution in [2.75, 3.05) is 5.73 Å². The smallest absolute Gasteiger partial charge is 0.333 e. The summed E-state index contributed by atoms with van der Waals surface area (Å²) < 4.78 is 19.2. The van der Waals surface area contributed by atoms with Crippen molar-refractivity contribution in [2.45, 2.75) is 57.8 Å². The van der Waals surface area contributed by atoms with Gasteiger partial charge >= 0.3 is 17.6 Å². The Morgan fingerprint density at radius 3 is 2.71 bits per heavy atom. The van der Waals surface area contributed by atoms with Crippen LogP contribution in [0.3, 0.4) is 0 Å². The van der Waals surface area contributed by atoms with E-state index in [0.29, 0.717) is 5.52 Å². The van der Waals surface area contributed by atoms with Crippen LogP contribution >= 0.6 is 0 Å². The average Bonchev–Trinajstić information content (AvgIpc) is 3.19. The Balaban J connectivity index is 2.11. The molecule has 1 aliphatic heterocycles. The average molecular weight is 427 g/mol. The molecule has 0 saturated carbocycles. The van der Waals surface area contributed by atoms with Gasteiger partial charge in [-0.1, -0.05) is 5.92 Å². The van der Waals surface area contributed by atoms with Crippen LogP contribution in [0.5, 0.6) is 0 Å². The maximum absolute atomic E-state index is 13.2. The number of imidazole rings is 1. The van der Waals surface area contributed by atoms with Gasteiger partial charge in [-0.15, -0.1) is 18.8 Å². The Bertz CT molecular complexity index is 1150. The number of hydrogen-bond donors (Lipinski definition) is 1. The first-order chi connectivity index (χ1) is 14.8. The van der Waals surface area contributed by atoms with Crippen molar-refractivity contribution in [1.82, 2.24) is 19.1 Å². The monoisotopic (exact) mass is 427 g/mol. The standard InChI is InChI=1S/C20H21N5O6/c1-5-7-14(29-11(3)26)15-9-16(30-12(4)27)18(31-15)25-17-13(10-22-19(21)23-17)24(8-6-2)20(25)28/h1-2,10,14-16,18H,7-9H2,3-4H3,(H2,21,22,23)/t14?,15-,16+,18+/m0/s1. The molecule has 1 saturated heterocycles. The van der Waals surface area contributed by atoms with E-state index in [1.807, 2.05) is 0 Å². The summed E-state index contributed by atoms with van der Waals surface area (Å²) in [6.07, 6.45) is 8.90. The van der Waals surface area contributed by atoms with E-state index in [9.17, 15) is 14.4 Å². The van der Waals surface area contributed by atoms with E-state index in [1.165, 1.54) is 29.2 Å². The normalized spacial score (nSPS) is 21.2. The van der Waals surface area contributed by atoms with Crippen molar-refractivity contribution >= 4 is 29.1 Å². The highest BCUT2D eigenvalue weighted by Crippen LogP contribution is 2.35. The highest BCUT2D eigenvalue weighted by Gasteiger charge is 2.45. The number of esters is 2. The number of ether oxygens (including phenoxy) is 3. The molecule has 162 valence electrons. The topological polar surface area (TPSA) is 141 Å². The zero-order valence-electron chi connectivity index (χ0n) is 17.0. The quantitative estimate of drug-likeness (QED) is 0.497. The highest BCUT2D eigenvalue weighted by atomic mass is 16.6. The number of fused-ring (bicyclic) bond motifs is 1. The molecule has 0 spiro atoms. The van der Waals surface area contributed by atoms with Gasteiger partial charge in [0.15, 0.2) is 11.9 Å². The van der Waals surface area contributed by atoms with Crippen molar-refractivity contribution < 1.29 is 23.8 Å². The molecule has 2 N–H and O–H groups in total. The molecule has 31 heavy (non-hydrogen) atoms. The van der Waals surface area contributed by atoms with Crippen LogP contribution in [0.15, 0.2) is 11.0 Å². The van der Waals surface area contributed by atoms with Crippen molar-refractivity contribution in [3.63, 3.8) is 0 Å². The van der Waals surface area contributed by atoms with Crippen LogP contribution in [-0.2, 0) is 30.3 Å². The van der Waals surface area contributed by atoms with Crippen LogP contribution in [0.4, 0.5) is 5.95 Å². The van der Waals surface area contributed by atoms with Gasteiger partial charge in [-0.25, -0.2) is 14.3 Å². The molecular formula is C20H21N5O6. The molecule has 3 heterocycles. The van der Waals surface area contributed by atoms with Crippen molar-refractivity contribution in [3.05, 3.63) is 16.7 Å². The number of carbonyl (C=O) groups excluding carboxylic acids is 2. The summed E-state index contributed by atoms with van der Waals surface area (Å²) in [6, 6.07) is 0. The van der Waals surface area contributed by atoms with Gasteiger partial charge in [0.1, 0.15) is 23.8 Å². The highest BCUT2D eigenvalue weighted by molar-refractivity contribution is 5.72. The van der Waals surface area contributed by atoms with Gasteiger partial charge in [-0.05, 0) is 0 Å². The molecule has 0 aliphatic carbocycles. The van der Waals surface area contributed by atoms with Gasteiger partial charge in [0.25, 0.3) is 0 Å². The number of nitrogens with zero attached hydrogens (tertiary/aromatic N) is 4. The molecule has 11 heteroatoms. The fourth-order valence-electron chi connectivity index (χ4n) is 3.58. The second-order valence-electron chi connectivity index (χ2n) is 6.88. The summed E-state index contributed by atoms with van der Waals surface area (Å²) in [5.74, 6) is 3.65. The Morgan fingerprint density at radius 2 is 2.10 bits per heavy atom. The molecule has 4 atom stereocenters. The molecular weight excluding hydrogens is 406 g/mol. The maximum Gasteiger partial charge on any atom is 0.333 e. The molecule has 2 aromatic rings. The lowest BCUT2D eigenvalue weighted by molar-refractivity contribution is -0.158. The second-order valence-corrected chi connectivity index (χ2v) is 6.88. The van der Waals surface area contributed by atoms with Crippen molar-refractivity contribution in [3.8, 4) is 24.7 Å². The maximum atomic E-state index is 13.2. The van der Waals surface area contributed by atoms with E-state index >= 15 is 0 Å². The minimum atomic E-state index is -1.08. The first-order valence-corrected chi connectivity index (χ1v) is 9.36. The number of aromatic nitrogens is 4. The Hall–Kier alpha value is -3.83. The van der Waals surface area contributed by atoms with E-state index in [2.05, 4.69) is 21.8 Å². The minimum absolute atomic E-state index is 0.0445. The number of rotatable bonds is 6. The van der Waals surface area contributed by atoms with Crippen molar-refractivity contribution in [2.24, 2.45) is 0 Å². The molecule has 0 aromatic carbocycles. The van der Waals surface area contributed by atoms with E-state index in [-0.39, 0.29) is 31.0 Å². The SMILES string of the molecule is C#CCC(OC(C)=O)[C@@H]1C[C@@H](OC(C)=O)[C@H](n2c(=O)n(CC#C)c3cnc(N)nc32)O1. The third kappa shape index (κ3) is 4.37. The molecule has 1 fully saturated rings. The molecule has 3 rings (SSSR count). The minimum Gasteiger partial charge on any atom is -0.459 e. The number of carbonyl (C=O) groups is 2. The van der Waals surface area contributed by atoms with Crippen molar-refractivity contribution in [1.29, 1.82) is 0 Å². The predicted molar refractivity (Wildman–Crippen MR) is 108 cm³/mol. The van der Waals surface area contributed by atoms with Crippen LogP contribution in [0.25, 0.3) is 11.2 Å². The summed E-state index contributed by atoms with van der Waals surface area (Å²) in [4.78, 5) is 44.4. The zero-order chi connectivity index (χ0) is 22.7. The third-order valence-corrected chi connectivity index (χ3v) is 4.69. The van der Waals surface area contributed by atoms with E-state index in [0.717, 1.165) is 0 Å². The summed E-state index contributed by atoms with van der Waals surface area (Å²) in [7, 11) is 0. The van der Waals surface area contributed by atoms with Gasteiger partial charge < -0.3 is 19.9 Å². The summed E-state index contributed by atoms with van der Waals surface area (Å²) in [6.45, 7) is 2.44. The molecule has 2 aromatic heterocycles. The first-order valence-electron chi connectivity index (χ1n) is 9.36. The van der Waals surface area contributed by atoms with E-state index < -0.39 is 42.2 Å². The second kappa shape index (κ2) is 8.90. The van der Waals surface area contributed by atoms with Gasteiger partial charge in [-0.3, -0.25) is 14.2 Å². The number of nitrogens with two attached hydrogens (primary N) is 1. The van der Waals surface area contributed by atoms with Crippen LogP contribution in [-0.4, -0.2) is 49.4 Å². The third-order valence-electron chi connectivity index (χ3n) is 4.69. The Morgan fingerprint density at radius 1 is 1.35 bits per heavy atom. The predicted octanol–water partition coefficient (Wildman–Crippen LogP) is -0.0174. The number of terminal acetylenes is 2. The van der Waals surface area contributed by atoms with Crippen LogP contribution in [0.1, 0.15) is 32.9 Å². The van der Waals surface area contributed by atoms with Gasteiger partial charge in [0, 0.05) is 26.7 Å².